The summed E-state index contributed by atoms with van der Waals surface area (Å²) in [6.07, 6.45) is 2.12. The second kappa shape index (κ2) is 5.72. The van der Waals surface area contributed by atoms with Gasteiger partial charge in [-0.25, -0.2) is 17.5 Å². The number of aliphatic hydroxyl groups is 1. The molecule has 7 heteroatoms. The van der Waals surface area contributed by atoms with Gasteiger partial charge in [-0.15, -0.1) is 0 Å². The highest BCUT2D eigenvalue weighted by molar-refractivity contribution is 7.89. The van der Waals surface area contributed by atoms with E-state index in [0.29, 0.717) is 12.8 Å². The van der Waals surface area contributed by atoms with Crippen LogP contribution in [-0.2, 0) is 10.0 Å². The maximum absolute atomic E-state index is 13.6. The van der Waals surface area contributed by atoms with Crippen LogP contribution in [0.3, 0.4) is 0 Å². The molecular weight excluding hydrogens is 295 g/mol. The molecule has 1 aliphatic rings. The first-order valence-electron chi connectivity index (χ1n) is 6.66. The number of hydrogen-bond acceptors (Lipinski definition) is 4. The van der Waals surface area contributed by atoms with E-state index in [1.165, 1.54) is 12.1 Å². The van der Waals surface area contributed by atoms with Gasteiger partial charge in [0.2, 0.25) is 10.0 Å². The Hall–Kier alpha value is -1.49. The van der Waals surface area contributed by atoms with Crippen molar-refractivity contribution >= 4 is 10.0 Å². The third kappa shape index (κ3) is 2.93. The van der Waals surface area contributed by atoms with Crippen LogP contribution in [0.1, 0.15) is 31.7 Å². The number of nitrogens with zero attached hydrogens (tertiary/aromatic N) is 1. The van der Waals surface area contributed by atoms with Crippen molar-refractivity contribution in [1.29, 1.82) is 5.26 Å². The molecule has 114 valence electrons. The molecule has 0 heterocycles. The van der Waals surface area contributed by atoms with Crippen LogP contribution in [0.2, 0.25) is 0 Å². The Balaban J connectivity index is 2.37. The molecule has 2 atom stereocenters. The second-order valence-electron chi connectivity index (χ2n) is 5.60. The van der Waals surface area contributed by atoms with Gasteiger partial charge in [0.15, 0.2) is 0 Å². The summed E-state index contributed by atoms with van der Waals surface area (Å²) in [5.74, 6) is -0.864. The van der Waals surface area contributed by atoms with Gasteiger partial charge in [-0.05, 0) is 25.0 Å². The van der Waals surface area contributed by atoms with Crippen molar-refractivity contribution in [3.63, 3.8) is 0 Å². The minimum atomic E-state index is -4.01. The summed E-state index contributed by atoms with van der Waals surface area (Å²) in [6, 6.07) is 4.66. The summed E-state index contributed by atoms with van der Waals surface area (Å²) in [6.45, 7) is 1.68. The Labute approximate surface area is 123 Å². The minimum Gasteiger partial charge on any atom is -0.396 e. The van der Waals surface area contributed by atoms with Gasteiger partial charge in [0, 0.05) is 18.1 Å². The number of sulfonamides is 1. The quantitative estimate of drug-likeness (QED) is 0.882. The largest absolute Gasteiger partial charge is 0.396 e. The lowest BCUT2D eigenvalue weighted by Crippen LogP contribution is -2.44. The van der Waals surface area contributed by atoms with Crippen LogP contribution in [-0.4, -0.2) is 26.2 Å². The monoisotopic (exact) mass is 312 g/mol. The molecule has 1 aromatic rings. The van der Waals surface area contributed by atoms with E-state index in [4.69, 9.17) is 5.26 Å². The molecule has 0 spiro atoms. The highest BCUT2D eigenvalue weighted by Crippen LogP contribution is 2.38. The maximum atomic E-state index is 13.6. The molecule has 5 nitrogen and oxygen atoms in total. The smallest absolute Gasteiger partial charge is 0.242 e. The molecule has 0 aliphatic heterocycles. The zero-order chi connectivity index (χ0) is 15.7. The minimum absolute atomic E-state index is 0.131. The zero-order valence-electron chi connectivity index (χ0n) is 11.6. The van der Waals surface area contributed by atoms with Gasteiger partial charge in [0.1, 0.15) is 22.3 Å². The van der Waals surface area contributed by atoms with Crippen LogP contribution < -0.4 is 4.72 Å². The molecule has 1 aromatic carbocycles. The van der Waals surface area contributed by atoms with E-state index in [1.807, 2.05) is 6.92 Å². The molecule has 1 saturated carbocycles. The van der Waals surface area contributed by atoms with Crippen LogP contribution in [0.5, 0.6) is 0 Å². The molecule has 0 saturated heterocycles. The van der Waals surface area contributed by atoms with Crippen molar-refractivity contribution < 1.29 is 17.9 Å². The molecule has 0 aromatic heterocycles. The number of nitriles is 1. The average molecular weight is 312 g/mol. The number of nitrogens with one attached hydrogen (secondary N) is 1. The maximum Gasteiger partial charge on any atom is 0.242 e. The third-order valence-corrected chi connectivity index (χ3v) is 5.63. The van der Waals surface area contributed by atoms with Gasteiger partial charge in [0.25, 0.3) is 0 Å². The van der Waals surface area contributed by atoms with Gasteiger partial charge in [-0.2, -0.15) is 5.26 Å². The summed E-state index contributed by atoms with van der Waals surface area (Å²) in [7, 11) is -4.01. The summed E-state index contributed by atoms with van der Waals surface area (Å²) in [5.41, 5.74) is -1.03. The van der Waals surface area contributed by atoms with E-state index < -0.39 is 32.9 Å². The van der Waals surface area contributed by atoms with Crippen LogP contribution in [0, 0.1) is 22.6 Å². The highest BCUT2D eigenvalue weighted by Gasteiger charge is 2.41. The first kappa shape index (κ1) is 15.9. The fraction of sp³-hybridized carbons (Fsp3) is 0.500. The molecule has 0 radical (unpaired) electrons. The normalized spacial score (nSPS) is 25.7. The fourth-order valence-electron chi connectivity index (χ4n) is 2.71. The number of benzene rings is 1. The predicted molar refractivity (Wildman–Crippen MR) is 74.3 cm³/mol. The second-order valence-corrected chi connectivity index (χ2v) is 7.29. The van der Waals surface area contributed by atoms with E-state index in [9.17, 15) is 17.9 Å². The lowest BCUT2D eigenvalue weighted by molar-refractivity contribution is 0.127. The SMILES string of the molecule is C[C@]1(CO)CCC[C@H]1NS(=O)(=O)c1cccc(F)c1C#N. The number of aliphatic hydroxyl groups excluding tert-OH is 1. The lowest BCUT2D eigenvalue weighted by atomic mass is 9.86. The molecule has 2 rings (SSSR count). The van der Waals surface area contributed by atoms with Crippen LogP contribution in [0.15, 0.2) is 23.1 Å². The number of rotatable bonds is 4. The zero-order valence-corrected chi connectivity index (χ0v) is 12.5. The van der Waals surface area contributed by atoms with Crippen LogP contribution in [0.25, 0.3) is 0 Å². The number of halogens is 1. The van der Waals surface area contributed by atoms with Crippen LogP contribution in [0.4, 0.5) is 4.39 Å². The van der Waals surface area contributed by atoms with E-state index in [2.05, 4.69) is 4.72 Å². The molecule has 1 aliphatic carbocycles. The summed E-state index contributed by atoms with van der Waals surface area (Å²) in [4.78, 5) is -0.364. The van der Waals surface area contributed by atoms with E-state index >= 15 is 0 Å². The molecule has 2 N–H and O–H groups in total. The Morgan fingerprint density at radius 1 is 1.57 bits per heavy atom. The third-order valence-electron chi connectivity index (χ3n) is 4.12. The van der Waals surface area contributed by atoms with Crippen LogP contribution >= 0.6 is 0 Å². The summed E-state index contributed by atoms with van der Waals surface area (Å²) < 4.78 is 40.9. The van der Waals surface area contributed by atoms with Gasteiger partial charge in [-0.3, -0.25) is 0 Å². The molecule has 21 heavy (non-hydrogen) atoms. The van der Waals surface area contributed by atoms with Crippen molar-refractivity contribution in [2.45, 2.75) is 37.1 Å². The van der Waals surface area contributed by atoms with E-state index in [-0.39, 0.29) is 11.5 Å². The molecule has 1 fully saturated rings. The van der Waals surface area contributed by atoms with Crippen molar-refractivity contribution in [3.05, 3.63) is 29.6 Å². The summed E-state index contributed by atoms with van der Waals surface area (Å²) in [5, 5.41) is 18.4. The van der Waals surface area contributed by atoms with Crippen molar-refractivity contribution in [1.82, 2.24) is 4.72 Å². The Morgan fingerprint density at radius 3 is 2.90 bits per heavy atom. The predicted octanol–water partition coefficient (Wildman–Crippen LogP) is 1.53. The average Bonchev–Trinajstić information content (AvgIpc) is 2.80. The first-order valence-corrected chi connectivity index (χ1v) is 8.14. The first-order chi connectivity index (χ1) is 9.84. The van der Waals surface area contributed by atoms with Crippen molar-refractivity contribution in [2.75, 3.05) is 6.61 Å². The van der Waals surface area contributed by atoms with Gasteiger partial charge in [0.05, 0.1) is 0 Å². The van der Waals surface area contributed by atoms with Gasteiger partial charge >= 0.3 is 0 Å². The molecular formula is C14H17FN2O3S. The van der Waals surface area contributed by atoms with Crippen molar-refractivity contribution in [3.8, 4) is 6.07 Å². The summed E-state index contributed by atoms with van der Waals surface area (Å²) >= 11 is 0. The Bertz CT molecular complexity index is 684. The van der Waals surface area contributed by atoms with Gasteiger partial charge in [-0.1, -0.05) is 19.4 Å². The Morgan fingerprint density at radius 2 is 2.29 bits per heavy atom. The lowest BCUT2D eigenvalue weighted by Gasteiger charge is -2.29. The fourth-order valence-corrected chi connectivity index (χ4v) is 4.28. The number of hydrogen-bond donors (Lipinski definition) is 2. The van der Waals surface area contributed by atoms with E-state index in [1.54, 1.807) is 6.07 Å². The van der Waals surface area contributed by atoms with E-state index in [0.717, 1.165) is 12.5 Å². The van der Waals surface area contributed by atoms with Gasteiger partial charge < -0.3 is 5.11 Å². The topological polar surface area (TPSA) is 90.2 Å². The molecule has 0 unspecified atom stereocenters. The van der Waals surface area contributed by atoms with Crippen molar-refractivity contribution in [2.24, 2.45) is 5.41 Å². The molecule has 0 bridgehead atoms. The molecule has 0 amide bonds. The standard InChI is InChI=1S/C14H17FN2O3S/c1-14(9-18)7-3-6-13(14)17-21(19,20)12-5-2-4-11(15)10(12)8-16/h2,4-5,13,17-18H,3,6-7,9H2,1H3/t13-,14-/m1/s1. The Kier molecular flexibility index (Phi) is 4.33. The highest BCUT2D eigenvalue weighted by atomic mass is 32.2.